The zero-order chi connectivity index (χ0) is 12.5. The minimum absolute atomic E-state index is 0.256. The standard InChI is InChI=1S/C14H13NO3/c1-2-17-14(16)13-12(18-13)11-8-7-9-5-3-4-6-10(9)15-11/h3-8,12-13H,2H2,1H3/t12-,13+/m1/s1. The lowest BCUT2D eigenvalue weighted by Crippen LogP contribution is -2.12. The monoisotopic (exact) mass is 243 g/mol. The van der Waals surface area contributed by atoms with Crippen molar-refractivity contribution in [1.82, 2.24) is 4.98 Å². The van der Waals surface area contributed by atoms with E-state index in [0.717, 1.165) is 16.6 Å². The smallest absolute Gasteiger partial charge is 0.338 e. The first kappa shape index (κ1) is 11.2. The van der Waals surface area contributed by atoms with Crippen LogP contribution in [-0.2, 0) is 14.3 Å². The van der Waals surface area contributed by atoms with Gasteiger partial charge >= 0.3 is 5.97 Å². The molecule has 0 spiro atoms. The van der Waals surface area contributed by atoms with Crippen LogP contribution in [0.25, 0.3) is 10.9 Å². The minimum Gasteiger partial charge on any atom is -0.464 e. The Balaban J connectivity index is 1.82. The van der Waals surface area contributed by atoms with Crippen LogP contribution in [0.4, 0.5) is 0 Å². The number of ether oxygens (including phenoxy) is 2. The Morgan fingerprint density at radius 2 is 2.17 bits per heavy atom. The molecule has 1 saturated heterocycles. The maximum Gasteiger partial charge on any atom is 0.338 e. The molecule has 92 valence electrons. The van der Waals surface area contributed by atoms with Crippen molar-refractivity contribution in [3.63, 3.8) is 0 Å². The summed E-state index contributed by atoms with van der Waals surface area (Å²) in [5.41, 5.74) is 1.69. The van der Waals surface area contributed by atoms with E-state index in [1.165, 1.54) is 0 Å². The normalized spacial score (nSPS) is 21.8. The van der Waals surface area contributed by atoms with Crippen LogP contribution < -0.4 is 0 Å². The van der Waals surface area contributed by atoms with Crippen LogP contribution in [0.2, 0.25) is 0 Å². The molecule has 0 amide bonds. The van der Waals surface area contributed by atoms with Crippen molar-refractivity contribution in [3.05, 3.63) is 42.1 Å². The van der Waals surface area contributed by atoms with E-state index in [1.807, 2.05) is 36.4 Å². The molecule has 0 radical (unpaired) electrons. The lowest BCUT2D eigenvalue weighted by atomic mass is 10.1. The summed E-state index contributed by atoms with van der Waals surface area (Å²) in [4.78, 5) is 16.0. The summed E-state index contributed by atoms with van der Waals surface area (Å²) < 4.78 is 10.2. The fraction of sp³-hybridized carbons (Fsp3) is 0.286. The third-order valence-corrected chi connectivity index (χ3v) is 2.92. The number of hydrogen-bond acceptors (Lipinski definition) is 4. The van der Waals surface area contributed by atoms with Gasteiger partial charge in [-0.1, -0.05) is 24.3 Å². The Hall–Kier alpha value is -1.94. The van der Waals surface area contributed by atoms with Crippen molar-refractivity contribution in [1.29, 1.82) is 0 Å². The molecule has 2 atom stereocenters. The van der Waals surface area contributed by atoms with Gasteiger partial charge in [-0.15, -0.1) is 0 Å². The topological polar surface area (TPSA) is 51.7 Å². The molecule has 4 nitrogen and oxygen atoms in total. The second kappa shape index (κ2) is 4.38. The molecule has 1 aliphatic rings. The largest absolute Gasteiger partial charge is 0.464 e. The lowest BCUT2D eigenvalue weighted by molar-refractivity contribution is -0.144. The number of hydrogen-bond donors (Lipinski definition) is 0. The third kappa shape index (κ3) is 1.95. The number of fused-ring (bicyclic) bond motifs is 1. The highest BCUT2D eigenvalue weighted by Crippen LogP contribution is 2.38. The predicted molar refractivity (Wildman–Crippen MR) is 66.0 cm³/mol. The number of carbonyl (C=O) groups is 1. The van der Waals surface area contributed by atoms with E-state index < -0.39 is 6.10 Å². The SMILES string of the molecule is CCOC(=O)[C@H]1O[C@@H]1c1ccc2ccccc2n1. The summed E-state index contributed by atoms with van der Waals surface area (Å²) in [6.07, 6.45) is -0.743. The summed E-state index contributed by atoms with van der Waals surface area (Å²) in [5, 5.41) is 1.08. The second-order valence-electron chi connectivity index (χ2n) is 4.16. The first-order valence-electron chi connectivity index (χ1n) is 5.97. The van der Waals surface area contributed by atoms with Crippen molar-refractivity contribution in [2.45, 2.75) is 19.1 Å². The van der Waals surface area contributed by atoms with E-state index >= 15 is 0 Å². The van der Waals surface area contributed by atoms with E-state index in [2.05, 4.69) is 4.98 Å². The first-order chi connectivity index (χ1) is 8.79. The van der Waals surface area contributed by atoms with Crippen LogP contribution in [0, 0.1) is 0 Å². The Bertz CT molecular complexity index is 596. The molecule has 0 aliphatic carbocycles. The molecular weight excluding hydrogens is 230 g/mol. The highest BCUT2D eigenvalue weighted by atomic mass is 16.6. The number of rotatable bonds is 3. The van der Waals surface area contributed by atoms with Gasteiger partial charge in [0.1, 0.15) is 6.10 Å². The molecule has 3 rings (SSSR count). The van der Waals surface area contributed by atoms with Gasteiger partial charge in [0.15, 0.2) is 6.10 Å². The molecule has 2 heterocycles. The van der Waals surface area contributed by atoms with Gasteiger partial charge in [0.2, 0.25) is 0 Å². The van der Waals surface area contributed by atoms with Crippen molar-refractivity contribution < 1.29 is 14.3 Å². The van der Waals surface area contributed by atoms with Crippen molar-refractivity contribution >= 4 is 16.9 Å². The molecule has 0 saturated carbocycles. The summed E-state index contributed by atoms with van der Waals surface area (Å²) >= 11 is 0. The molecular formula is C14H13NO3. The maximum absolute atomic E-state index is 11.5. The van der Waals surface area contributed by atoms with Crippen molar-refractivity contribution in [2.24, 2.45) is 0 Å². The average molecular weight is 243 g/mol. The van der Waals surface area contributed by atoms with E-state index in [0.29, 0.717) is 6.61 Å². The van der Waals surface area contributed by atoms with Crippen LogP contribution in [0.1, 0.15) is 18.7 Å². The number of pyridine rings is 1. The highest BCUT2D eigenvalue weighted by molar-refractivity contribution is 5.80. The van der Waals surface area contributed by atoms with Crippen LogP contribution in [0.5, 0.6) is 0 Å². The van der Waals surface area contributed by atoms with Gasteiger partial charge in [-0.25, -0.2) is 9.78 Å². The summed E-state index contributed by atoms with van der Waals surface area (Å²) in [6, 6.07) is 11.7. The Kier molecular flexibility index (Phi) is 2.72. The Morgan fingerprint density at radius 1 is 1.33 bits per heavy atom. The summed E-state index contributed by atoms with van der Waals surface area (Å²) in [7, 11) is 0. The van der Waals surface area contributed by atoms with Gasteiger partial charge in [-0.05, 0) is 19.1 Å². The minimum atomic E-state index is -0.487. The third-order valence-electron chi connectivity index (χ3n) is 2.92. The summed E-state index contributed by atoms with van der Waals surface area (Å²) in [6.45, 7) is 2.15. The molecule has 0 unspecified atom stereocenters. The van der Waals surface area contributed by atoms with Gasteiger partial charge in [0.25, 0.3) is 0 Å². The van der Waals surface area contributed by atoms with Crippen LogP contribution >= 0.6 is 0 Å². The maximum atomic E-state index is 11.5. The van der Waals surface area contributed by atoms with Gasteiger partial charge in [-0.3, -0.25) is 0 Å². The molecule has 4 heteroatoms. The van der Waals surface area contributed by atoms with Crippen molar-refractivity contribution in [2.75, 3.05) is 6.61 Å². The molecule has 0 bridgehead atoms. The number of nitrogens with zero attached hydrogens (tertiary/aromatic N) is 1. The molecule has 0 N–H and O–H groups in total. The van der Waals surface area contributed by atoms with Gasteiger partial charge in [-0.2, -0.15) is 0 Å². The molecule has 1 aliphatic heterocycles. The number of benzene rings is 1. The highest BCUT2D eigenvalue weighted by Gasteiger charge is 2.48. The molecule has 18 heavy (non-hydrogen) atoms. The van der Waals surface area contributed by atoms with Gasteiger partial charge in [0.05, 0.1) is 17.8 Å². The van der Waals surface area contributed by atoms with Crippen LogP contribution in [-0.4, -0.2) is 23.7 Å². The average Bonchev–Trinajstić information content (AvgIpc) is 3.19. The van der Waals surface area contributed by atoms with Crippen LogP contribution in [0.15, 0.2) is 36.4 Å². The van der Waals surface area contributed by atoms with E-state index in [9.17, 15) is 4.79 Å². The van der Waals surface area contributed by atoms with E-state index in [1.54, 1.807) is 6.92 Å². The van der Waals surface area contributed by atoms with E-state index in [4.69, 9.17) is 9.47 Å². The van der Waals surface area contributed by atoms with Gasteiger partial charge < -0.3 is 9.47 Å². The predicted octanol–water partition coefficient (Wildman–Crippen LogP) is 2.24. The summed E-state index contributed by atoms with van der Waals surface area (Å²) in [5.74, 6) is -0.308. The second-order valence-corrected chi connectivity index (χ2v) is 4.16. The number of aromatic nitrogens is 1. The first-order valence-corrected chi connectivity index (χ1v) is 5.97. The number of esters is 1. The zero-order valence-electron chi connectivity index (χ0n) is 10.00. The number of epoxide rings is 1. The molecule has 1 aromatic carbocycles. The fourth-order valence-electron chi connectivity index (χ4n) is 1.98. The Morgan fingerprint density at radius 3 is 3.00 bits per heavy atom. The Labute approximate surface area is 105 Å². The van der Waals surface area contributed by atoms with Crippen molar-refractivity contribution in [3.8, 4) is 0 Å². The van der Waals surface area contributed by atoms with Gasteiger partial charge in [0, 0.05) is 5.39 Å². The van der Waals surface area contributed by atoms with Crippen LogP contribution in [0.3, 0.4) is 0 Å². The number of para-hydroxylation sites is 1. The zero-order valence-corrected chi connectivity index (χ0v) is 10.00. The molecule has 1 fully saturated rings. The van der Waals surface area contributed by atoms with E-state index in [-0.39, 0.29) is 12.1 Å². The fourth-order valence-corrected chi connectivity index (χ4v) is 1.98. The number of carbonyl (C=O) groups excluding carboxylic acids is 1. The molecule has 1 aromatic heterocycles. The molecule has 2 aromatic rings. The lowest BCUT2D eigenvalue weighted by Gasteiger charge is -2.00. The quantitative estimate of drug-likeness (QED) is 0.612.